The molecule has 0 bridgehead atoms. The second-order valence-electron chi connectivity index (χ2n) is 7.15. The van der Waals surface area contributed by atoms with E-state index in [1.807, 2.05) is 35.2 Å². The molecule has 0 aliphatic heterocycles. The van der Waals surface area contributed by atoms with Crippen molar-refractivity contribution in [3.05, 3.63) is 53.6 Å². The van der Waals surface area contributed by atoms with E-state index in [1.54, 1.807) is 18.4 Å². The Hall–Kier alpha value is -2.40. The van der Waals surface area contributed by atoms with E-state index in [0.29, 0.717) is 6.54 Å². The molecule has 27 heavy (non-hydrogen) atoms. The number of carbonyl (C=O) groups is 1. The fourth-order valence-electron chi connectivity index (χ4n) is 3.78. The molecule has 4 rings (SSSR count). The Morgan fingerprint density at radius 3 is 2.63 bits per heavy atom. The van der Waals surface area contributed by atoms with Crippen LogP contribution in [-0.4, -0.2) is 18.0 Å². The van der Waals surface area contributed by atoms with Crippen molar-refractivity contribution in [1.82, 2.24) is 4.98 Å². The lowest BCUT2D eigenvalue weighted by molar-refractivity contribution is -0.122. The number of thiazole rings is 1. The molecule has 4 nitrogen and oxygen atoms in total. The Labute approximate surface area is 163 Å². The number of amides is 1. The van der Waals surface area contributed by atoms with E-state index in [4.69, 9.17) is 9.72 Å². The molecule has 1 fully saturated rings. The minimum Gasteiger partial charge on any atom is -0.494 e. The Morgan fingerprint density at radius 1 is 1.19 bits per heavy atom. The maximum atomic E-state index is 13.3. The molecule has 2 aromatic carbocycles. The highest BCUT2D eigenvalue weighted by atomic mass is 32.1. The summed E-state index contributed by atoms with van der Waals surface area (Å²) in [7, 11) is 1.66. The van der Waals surface area contributed by atoms with E-state index in [1.165, 1.54) is 0 Å². The minimum absolute atomic E-state index is 0.115. The number of hydrogen-bond donors (Lipinski definition) is 0. The largest absolute Gasteiger partial charge is 0.494 e. The van der Waals surface area contributed by atoms with Crippen LogP contribution in [-0.2, 0) is 11.3 Å². The van der Waals surface area contributed by atoms with Gasteiger partial charge in [-0.15, -0.1) is 0 Å². The van der Waals surface area contributed by atoms with Gasteiger partial charge in [-0.1, -0.05) is 60.6 Å². The standard InChI is InChI=1S/C22H24N2O2S/c1-15-12-13-18(26-2)19-20(15)27-22(23-19)24(14-16-8-4-3-5-9-16)21(25)17-10-6-7-11-17/h3-5,8-9,12-13,17H,6-7,10-11,14H2,1-2H3. The third-order valence-electron chi connectivity index (χ3n) is 5.30. The van der Waals surface area contributed by atoms with Gasteiger partial charge in [0.05, 0.1) is 18.4 Å². The highest BCUT2D eigenvalue weighted by Crippen LogP contribution is 2.38. The second-order valence-corrected chi connectivity index (χ2v) is 8.13. The summed E-state index contributed by atoms with van der Waals surface area (Å²) in [5, 5.41) is 0.762. The van der Waals surface area contributed by atoms with E-state index in [-0.39, 0.29) is 11.8 Å². The van der Waals surface area contributed by atoms with Gasteiger partial charge >= 0.3 is 0 Å². The molecule has 1 aliphatic carbocycles. The first-order valence-corrected chi connectivity index (χ1v) is 10.3. The molecule has 0 unspecified atom stereocenters. The Bertz CT molecular complexity index is 946. The Morgan fingerprint density at radius 2 is 1.93 bits per heavy atom. The van der Waals surface area contributed by atoms with Crippen molar-refractivity contribution in [3.63, 3.8) is 0 Å². The van der Waals surface area contributed by atoms with E-state index in [2.05, 4.69) is 19.1 Å². The Balaban J connectivity index is 1.76. The van der Waals surface area contributed by atoms with Gasteiger partial charge in [0.15, 0.2) is 5.13 Å². The summed E-state index contributed by atoms with van der Waals surface area (Å²) in [5.74, 6) is 1.07. The summed E-state index contributed by atoms with van der Waals surface area (Å²) in [6.07, 6.45) is 4.25. The molecule has 1 aliphatic rings. The van der Waals surface area contributed by atoms with E-state index < -0.39 is 0 Å². The van der Waals surface area contributed by atoms with Crippen molar-refractivity contribution < 1.29 is 9.53 Å². The van der Waals surface area contributed by atoms with Gasteiger partial charge in [-0.05, 0) is 37.0 Å². The zero-order valence-electron chi connectivity index (χ0n) is 15.8. The molecule has 1 heterocycles. The van der Waals surface area contributed by atoms with Gasteiger partial charge < -0.3 is 4.74 Å². The minimum atomic E-state index is 0.115. The summed E-state index contributed by atoms with van der Waals surface area (Å²) in [4.78, 5) is 20.0. The van der Waals surface area contributed by atoms with Crippen molar-refractivity contribution in [1.29, 1.82) is 0 Å². The van der Waals surface area contributed by atoms with E-state index in [0.717, 1.165) is 57.9 Å². The van der Waals surface area contributed by atoms with Crippen LogP contribution < -0.4 is 9.64 Å². The zero-order valence-corrected chi connectivity index (χ0v) is 16.6. The zero-order chi connectivity index (χ0) is 18.8. The van der Waals surface area contributed by atoms with Crippen molar-refractivity contribution in [2.45, 2.75) is 39.2 Å². The van der Waals surface area contributed by atoms with Gasteiger partial charge in [-0.3, -0.25) is 9.69 Å². The molecule has 1 saturated carbocycles. The quantitative estimate of drug-likeness (QED) is 0.600. The number of hydrogen-bond acceptors (Lipinski definition) is 4. The number of fused-ring (bicyclic) bond motifs is 1. The summed E-state index contributed by atoms with van der Waals surface area (Å²) < 4.78 is 6.58. The Kier molecular flexibility index (Phi) is 5.12. The van der Waals surface area contributed by atoms with Crippen LogP contribution in [0.2, 0.25) is 0 Å². The molecule has 0 N–H and O–H groups in total. The average Bonchev–Trinajstić information content (AvgIpc) is 3.37. The molecular formula is C22H24N2O2S. The third kappa shape index (κ3) is 3.56. The van der Waals surface area contributed by atoms with Gasteiger partial charge in [-0.25, -0.2) is 4.98 Å². The fraction of sp³-hybridized carbons (Fsp3) is 0.364. The van der Waals surface area contributed by atoms with Gasteiger partial charge in [-0.2, -0.15) is 0 Å². The number of aryl methyl sites for hydroxylation is 1. The lowest BCUT2D eigenvalue weighted by atomic mass is 10.1. The molecule has 0 radical (unpaired) electrons. The van der Waals surface area contributed by atoms with Crippen LogP contribution in [0.15, 0.2) is 42.5 Å². The van der Waals surface area contributed by atoms with Crippen molar-refractivity contribution in [3.8, 4) is 5.75 Å². The first kappa shape index (κ1) is 18.0. The summed E-state index contributed by atoms with van der Waals surface area (Å²) in [6, 6.07) is 14.1. The van der Waals surface area contributed by atoms with Gasteiger partial charge in [0.25, 0.3) is 0 Å². The number of rotatable bonds is 5. The maximum Gasteiger partial charge on any atom is 0.232 e. The van der Waals surface area contributed by atoms with Crippen molar-refractivity contribution in [2.24, 2.45) is 5.92 Å². The first-order valence-electron chi connectivity index (χ1n) is 9.47. The summed E-state index contributed by atoms with van der Waals surface area (Å²) in [5.41, 5.74) is 3.11. The fourth-order valence-corrected chi connectivity index (χ4v) is 4.83. The van der Waals surface area contributed by atoms with Gasteiger partial charge in [0.2, 0.25) is 5.91 Å². The number of methoxy groups -OCH3 is 1. The molecule has 140 valence electrons. The van der Waals surface area contributed by atoms with Gasteiger partial charge in [0.1, 0.15) is 11.3 Å². The average molecular weight is 381 g/mol. The van der Waals surface area contributed by atoms with Crippen LogP contribution in [0.1, 0.15) is 36.8 Å². The SMILES string of the molecule is COc1ccc(C)c2sc(N(Cc3ccccc3)C(=O)C3CCCC3)nc12. The molecule has 0 spiro atoms. The van der Waals surface area contributed by atoms with E-state index in [9.17, 15) is 4.79 Å². The van der Waals surface area contributed by atoms with Gasteiger partial charge in [0, 0.05) is 5.92 Å². The van der Waals surface area contributed by atoms with Crippen molar-refractivity contribution >= 4 is 32.6 Å². The maximum absolute atomic E-state index is 13.3. The number of ether oxygens (including phenoxy) is 1. The number of aromatic nitrogens is 1. The number of nitrogens with zero attached hydrogens (tertiary/aromatic N) is 2. The normalized spacial score (nSPS) is 14.6. The topological polar surface area (TPSA) is 42.4 Å². The molecule has 3 aromatic rings. The third-order valence-corrected chi connectivity index (χ3v) is 6.51. The molecule has 1 amide bonds. The lowest BCUT2D eigenvalue weighted by Gasteiger charge is -2.23. The van der Waals surface area contributed by atoms with Crippen LogP contribution in [0.4, 0.5) is 5.13 Å². The highest BCUT2D eigenvalue weighted by molar-refractivity contribution is 7.22. The smallest absolute Gasteiger partial charge is 0.232 e. The van der Waals surface area contributed by atoms with Crippen LogP contribution in [0.5, 0.6) is 5.75 Å². The predicted molar refractivity (Wildman–Crippen MR) is 110 cm³/mol. The second kappa shape index (κ2) is 7.69. The van der Waals surface area contributed by atoms with Crippen molar-refractivity contribution in [2.75, 3.05) is 12.0 Å². The number of carbonyl (C=O) groups excluding carboxylic acids is 1. The molecule has 0 saturated heterocycles. The highest BCUT2D eigenvalue weighted by Gasteiger charge is 2.30. The van der Waals surface area contributed by atoms with Crippen LogP contribution in [0.25, 0.3) is 10.2 Å². The monoisotopic (exact) mass is 380 g/mol. The number of benzene rings is 2. The van der Waals surface area contributed by atoms with Crippen LogP contribution in [0, 0.1) is 12.8 Å². The summed E-state index contributed by atoms with van der Waals surface area (Å²) in [6.45, 7) is 2.63. The summed E-state index contributed by atoms with van der Waals surface area (Å²) >= 11 is 1.58. The number of anilines is 1. The lowest BCUT2D eigenvalue weighted by Crippen LogP contribution is -2.34. The van der Waals surface area contributed by atoms with Crippen LogP contribution >= 0.6 is 11.3 Å². The predicted octanol–water partition coefficient (Wildman–Crippen LogP) is 5.34. The molecule has 5 heteroatoms. The first-order chi connectivity index (χ1) is 13.2. The molecular weight excluding hydrogens is 356 g/mol. The molecule has 1 aromatic heterocycles. The molecule has 0 atom stereocenters. The van der Waals surface area contributed by atoms with Crippen LogP contribution in [0.3, 0.4) is 0 Å². The van der Waals surface area contributed by atoms with E-state index >= 15 is 0 Å².